The van der Waals surface area contributed by atoms with E-state index in [0.29, 0.717) is 6.54 Å². The molecule has 3 rings (SSSR count). The third-order valence-corrected chi connectivity index (χ3v) is 4.08. The summed E-state index contributed by atoms with van der Waals surface area (Å²) < 4.78 is 1.03. The van der Waals surface area contributed by atoms with Crippen molar-refractivity contribution in [2.24, 2.45) is 0 Å². The molecule has 3 aromatic rings. The number of fused-ring (bicyclic) bond motifs is 1. The van der Waals surface area contributed by atoms with Gasteiger partial charge in [0.25, 0.3) is 5.56 Å². The number of benzene rings is 1. The SMILES string of the molecule is Cc1cc(C)c(CNc2ccc3cc(Br)ccc3n2)c(=O)[nH]1. The van der Waals surface area contributed by atoms with Crippen LogP contribution in [0.5, 0.6) is 0 Å². The summed E-state index contributed by atoms with van der Waals surface area (Å²) in [7, 11) is 0. The molecule has 0 aliphatic rings. The monoisotopic (exact) mass is 357 g/mol. The number of halogens is 1. The number of anilines is 1. The van der Waals surface area contributed by atoms with Gasteiger partial charge in [-0.05, 0) is 55.8 Å². The molecule has 22 heavy (non-hydrogen) atoms. The van der Waals surface area contributed by atoms with Gasteiger partial charge < -0.3 is 10.3 Å². The second kappa shape index (κ2) is 5.93. The lowest BCUT2D eigenvalue weighted by molar-refractivity contribution is 1.01. The third kappa shape index (κ3) is 3.04. The minimum Gasteiger partial charge on any atom is -0.366 e. The minimum absolute atomic E-state index is 0.0466. The normalized spacial score (nSPS) is 10.9. The van der Waals surface area contributed by atoms with E-state index in [1.54, 1.807) is 0 Å². The molecule has 0 saturated heterocycles. The number of aromatic amines is 1. The Hall–Kier alpha value is -2.14. The van der Waals surface area contributed by atoms with Crippen LogP contribution in [0.25, 0.3) is 10.9 Å². The molecule has 0 radical (unpaired) electrons. The first kappa shape index (κ1) is 14.8. The molecule has 0 amide bonds. The Kier molecular flexibility index (Phi) is 3.98. The highest BCUT2D eigenvalue weighted by Crippen LogP contribution is 2.20. The van der Waals surface area contributed by atoms with Crippen molar-refractivity contribution in [1.82, 2.24) is 9.97 Å². The number of rotatable bonds is 3. The number of aryl methyl sites for hydroxylation is 2. The zero-order valence-corrected chi connectivity index (χ0v) is 14.0. The van der Waals surface area contributed by atoms with Crippen LogP contribution in [0.15, 0.2) is 45.7 Å². The van der Waals surface area contributed by atoms with Crippen molar-refractivity contribution in [2.75, 3.05) is 5.32 Å². The summed E-state index contributed by atoms with van der Waals surface area (Å²) in [6.45, 7) is 4.29. The fourth-order valence-corrected chi connectivity index (χ4v) is 2.85. The van der Waals surface area contributed by atoms with Crippen LogP contribution in [0.3, 0.4) is 0 Å². The second-order valence-corrected chi connectivity index (χ2v) is 6.25. The Morgan fingerprint density at radius 2 is 2.00 bits per heavy atom. The van der Waals surface area contributed by atoms with E-state index in [-0.39, 0.29) is 5.56 Å². The highest BCUT2D eigenvalue weighted by atomic mass is 79.9. The van der Waals surface area contributed by atoms with Crippen molar-refractivity contribution in [3.05, 3.63) is 68.0 Å². The van der Waals surface area contributed by atoms with Crippen LogP contribution in [-0.2, 0) is 6.54 Å². The maximum absolute atomic E-state index is 12.0. The summed E-state index contributed by atoms with van der Waals surface area (Å²) in [6.07, 6.45) is 0. The van der Waals surface area contributed by atoms with Crippen molar-refractivity contribution >= 4 is 32.7 Å². The summed E-state index contributed by atoms with van der Waals surface area (Å²) in [5, 5.41) is 4.30. The highest BCUT2D eigenvalue weighted by molar-refractivity contribution is 9.10. The fraction of sp³-hybridized carbons (Fsp3) is 0.176. The molecule has 2 aromatic heterocycles. The number of nitrogens with zero attached hydrogens (tertiary/aromatic N) is 1. The van der Waals surface area contributed by atoms with Crippen LogP contribution in [-0.4, -0.2) is 9.97 Å². The molecule has 1 aromatic carbocycles. The van der Waals surface area contributed by atoms with Gasteiger partial charge in [0, 0.05) is 27.7 Å². The van der Waals surface area contributed by atoms with Gasteiger partial charge in [0.1, 0.15) is 5.82 Å². The second-order valence-electron chi connectivity index (χ2n) is 5.33. The quantitative estimate of drug-likeness (QED) is 0.746. The summed E-state index contributed by atoms with van der Waals surface area (Å²) in [4.78, 5) is 19.4. The van der Waals surface area contributed by atoms with Crippen LogP contribution in [0, 0.1) is 13.8 Å². The lowest BCUT2D eigenvalue weighted by atomic mass is 10.1. The zero-order valence-electron chi connectivity index (χ0n) is 12.4. The third-order valence-electron chi connectivity index (χ3n) is 3.59. The topological polar surface area (TPSA) is 57.8 Å². The van der Waals surface area contributed by atoms with E-state index < -0.39 is 0 Å². The number of pyridine rings is 2. The molecule has 0 aliphatic heterocycles. The largest absolute Gasteiger partial charge is 0.366 e. The van der Waals surface area contributed by atoms with Gasteiger partial charge in [0.15, 0.2) is 0 Å². The van der Waals surface area contributed by atoms with Gasteiger partial charge in [-0.1, -0.05) is 15.9 Å². The van der Waals surface area contributed by atoms with Crippen LogP contribution >= 0.6 is 15.9 Å². The highest BCUT2D eigenvalue weighted by Gasteiger charge is 2.06. The Bertz CT molecular complexity index is 902. The smallest absolute Gasteiger partial charge is 0.253 e. The van der Waals surface area contributed by atoms with Gasteiger partial charge >= 0.3 is 0 Å². The molecule has 0 bridgehead atoms. The Balaban J connectivity index is 1.85. The Morgan fingerprint density at radius 3 is 2.77 bits per heavy atom. The number of aromatic nitrogens is 2. The first-order valence-corrected chi connectivity index (χ1v) is 7.82. The molecule has 0 unspecified atom stereocenters. The number of nitrogens with one attached hydrogen (secondary N) is 2. The van der Waals surface area contributed by atoms with E-state index in [1.807, 2.05) is 50.2 Å². The van der Waals surface area contributed by atoms with E-state index >= 15 is 0 Å². The van der Waals surface area contributed by atoms with Crippen LogP contribution in [0.1, 0.15) is 16.8 Å². The van der Waals surface area contributed by atoms with Crippen molar-refractivity contribution < 1.29 is 0 Å². The Labute approximate surface area is 136 Å². The Morgan fingerprint density at radius 1 is 1.18 bits per heavy atom. The lowest BCUT2D eigenvalue weighted by Gasteiger charge is -2.09. The molecular formula is C17H16BrN3O. The summed E-state index contributed by atoms with van der Waals surface area (Å²) in [5.74, 6) is 0.759. The molecule has 2 heterocycles. The predicted molar refractivity (Wildman–Crippen MR) is 93.3 cm³/mol. The number of H-pyrrole nitrogens is 1. The average Bonchev–Trinajstić information content (AvgIpc) is 2.46. The van der Waals surface area contributed by atoms with E-state index in [9.17, 15) is 4.79 Å². The van der Waals surface area contributed by atoms with Crippen molar-refractivity contribution in [3.63, 3.8) is 0 Å². The van der Waals surface area contributed by atoms with Gasteiger partial charge in [-0.2, -0.15) is 0 Å². The molecule has 0 spiro atoms. The molecule has 2 N–H and O–H groups in total. The summed E-state index contributed by atoms with van der Waals surface area (Å²) in [6, 6.07) is 11.9. The molecule has 4 nitrogen and oxygen atoms in total. The van der Waals surface area contributed by atoms with Gasteiger partial charge in [-0.15, -0.1) is 0 Å². The average molecular weight is 358 g/mol. The lowest BCUT2D eigenvalue weighted by Crippen LogP contribution is -2.18. The standard InChI is InChI=1S/C17H16BrN3O/c1-10-7-11(2)20-17(22)14(10)9-19-16-6-3-12-8-13(18)4-5-15(12)21-16/h3-8H,9H2,1-2H3,(H,19,21)(H,20,22). The van der Waals surface area contributed by atoms with E-state index in [0.717, 1.165) is 38.0 Å². The predicted octanol–water partition coefficient (Wildman–Crippen LogP) is 3.91. The van der Waals surface area contributed by atoms with Crippen molar-refractivity contribution in [1.29, 1.82) is 0 Å². The van der Waals surface area contributed by atoms with Crippen LogP contribution in [0.2, 0.25) is 0 Å². The maximum Gasteiger partial charge on any atom is 0.253 e. The maximum atomic E-state index is 12.0. The molecule has 0 saturated carbocycles. The fourth-order valence-electron chi connectivity index (χ4n) is 2.48. The first-order chi connectivity index (χ1) is 10.5. The number of hydrogen-bond acceptors (Lipinski definition) is 3. The first-order valence-electron chi connectivity index (χ1n) is 7.02. The number of hydrogen-bond donors (Lipinski definition) is 2. The molecule has 0 atom stereocenters. The minimum atomic E-state index is -0.0466. The van der Waals surface area contributed by atoms with Crippen LogP contribution < -0.4 is 10.9 Å². The molecule has 112 valence electrons. The van der Waals surface area contributed by atoms with Gasteiger partial charge in [-0.3, -0.25) is 4.79 Å². The van der Waals surface area contributed by atoms with E-state index in [1.165, 1.54) is 0 Å². The van der Waals surface area contributed by atoms with Crippen molar-refractivity contribution in [3.8, 4) is 0 Å². The molecule has 0 aliphatic carbocycles. The molecular weight excluding hydrogens is 342 g/mol. The van der Waals surface area contributed by atoms with Gasteiger partial charge in [-0.25, -0.2) is 4.98 Å². The van der Waals surface area contributed by atoms with Gasteiger partial charge in [0.2, 0.25) is 0 Å². The molecule has 0 fully saturated rings. The van der Waals surface area contributed by atoms with E-state index in [4.69, 9.17) is 0 Å². The summed E-state index contributed by atoms with van der Waals surface area (Å²) >= 11 is 3.45. The molecule has 5 heteroatoms. The van der Waals surface area contributed by atoms with Crippen molar-refractivity contribution in [2.45, 2.75) is 20.4 Å². The van der Waals surface area contributed by atoms with Crippen LogP contribution in [0.4, 0.5) is 5.82 Å². The zero-order chi connectivity index (χ0) is 15.7. The van der Waals surface area contributed by atoms with E-state index in [2.05, 4.69) is 31.2 Å². The van der Waals surface area contributed by atoms with Gasteiger partial charge in [0.05, 0.1) is 5.52 Å². The summed E-state index contributed by atoms with van der Waals surface area (Å²) in [5.41, 5.74) is 3.47.